The van der Waals surface area contributed by atoms with Gasteiger partial charge in [0.2, 0.25) is 0 Å². The number of aromatic nitrogens is 1. The van der Waals surface area contributed by atoms with Gasteiger partial charge >= 0.3 is 6.03 Å². The number of hydrogen-bond donors (Lipinski definition) is 1. The fourth-order valence-electron chi connectivity index (χ4n) is 4.77. The van der Waals surface area contributed by atoms with E-state index in [2.05, 4.69) is 47.1 Å². The van der Waals surface area contributed by atoms with Crippen molar-refractivity contribution in [1.29, 1.82) is 0 Å². The maximum atomic E-state index is 13.5. The number of anilines is 1. The number of barbiturate groups is 1. The molecule has 0 aliphatic carbocycles. The molecular formula is C30H27N3O4. The molecule has 1 N–H and O–H groups in total. The normalized spacial score (nSPS) is 15.0. The Morgan fingerprint density at radius 2 is 1.62 bits per heavy atom. The minimum absolute atomic E-state index is 0.102. The lowest BCUT2D eigenvalue weighted by Gasteiger charge is -2.26. The molecule has 2 heterocycles. The Kier molecular flexibility index (Phi) is 6.13. The van der Waals surface area contributed by atoms with E-state index in [1.54, 1.807) is 30.3 Å². The monoisotopic (exact) mass is 493 g/mol. The quantitative estimate of drug-likeness (QED) is 0.303. The molecule has 1 aliphatic heterocycles. The lowest BCUT2D eigenvalue weighted by molar-refractivity contribution is -0.122. The molecule has 4 amide bonds. The van der Waals surface area contributed by atoms with Gasteiger partial charge in [-0.2, -0.15) is 0 Å². The van der Waals surface area contributed by atoms with Gasteiger partial charge in [0.25, 0.3) is 11.8 Å². The largest absolute Gasteiger partial charge is 0.497 e. The maximum Gasteiger partial charge on any atom is 0.335 e. The van der Waals surface area contributed by atoms with Gasteiger partial charge < -0.3 is 9.30 Å². The van der Waals surface area contributed by atoms with Gasteiger partial charge in [-0.3, -0.25) is 14.9 Å². The summed E-state index contributed by atoms with van der Waals surface area (Å²) < 4.78 is 7.36. The zero-order chi connectivity index (χ0) is 26.3. The van der Waals surface area contributed by atoms with Crippen LogP contribution in [0, 0.1) is 20.8 Å². The van der Waals surface area contributed by atoms with Gasteiger partial charge in [-0.05, 0) is 68.8 Å². The van der Waals surface area contributed by atoms with Crippen LogP contribution < -0.4 is 15.0 Å². The summed E-state index contributed by atoms with van der Waals surface area (Å²) in [5.74, 6) is -0.801. The van der Waals surface area contributed by atoms with Crippen molar-refractivity contribution in [3.05, 3.63) is 100 Å². The molecule has 0 bridgehead atoms. The second-order valence-electron chi connectivity index (χ2n) is 9.25. The number of methoxy groups -OCH3 is 1. The molecule has 1 saturated heterocycles. The average Bonchev–Trinajstić information content (AvgIpc) is 3.11. The van der Waals surface area contributed by atoms with Crippen LogP contribution in [-0.2, 0) is 16.1 Å². The van der Waals surface area contributed by atoms with E-state index >= 15 is 0 Å². The molecule has 0 atom stereocenters. The molecular weight excluding hydrogens is 466 g/mol. The standard InChI is InChI=1S/C30H27N3O4/c1-18-6-5-7-21(14-18)17-32-20(3)24(25-15-19(2)8-13-27(25)32)16-26-28(34)31-30(36)33(29(26)35)22-9-11-23(37-4)12-10-22/h5-16H,17H2,1-4H3,(H,31,34,36)/b26-16-. The van der Waals surface area contributed by atoms with Crippen LogP contribution in [0.5, 0.6) is 5.75 Å². The summed E-state index contributed by atoms with van der Waals surface area (Å²) in [4.78, 5) is 40.0. The van der Waals surface area contributed by atoms with Crippen LogP contribution in [0.4, 0.5) is 10.5 Å². The first kappa shape index (κ1) is 24.1. The predicted octanol–water partition coefficient (Wildman–Crippen LogP) is 5.29. The van der Waals surface area contributed by atoms with Crippen molar-refractivity contribution in [2.75, 3.05) is 12.0 Å². The first-order chi connectivity index (χ1) is 17.8. The first-order valence-corrected chi connectivity index (χ1v) is 12.0. The van der Waals surface area contributed by atoms with Crippen LogP contribution in [0.2, 0.25) is 0 Å². The summed E-state index contributed by atoms with van der Waals surface area (Å²) in [6.45, 7) is 6.70. The number of fused-ring (bicyclic) bond motifs is 1. The highest BCUT2D eigenvalue weighted by molar-refractivity contribution is 6.39. The number of nitrogens with one attached hydrogen (secondary N) is 1. The highest BCUT2D eigenvalue weighted by Crippen LogP contribution is 2.31. The number of urea groups is 1. The molecule has 1 aliphatic rings. The molecule has 3 aromatic carbocycles. The van der Waals surface area contributed by atoms with Crippen molar-refractivity contribution in [3.63, 3.8) is 0 Å². The molecule has 5 rings (SSSR count). The van der Waals surface area contributed by atoms with Crippen molar-refractivity contribution in [1.82, 2.24) is 9.88 Å². The Morgan fingerprint density at radius 1 is 0.892 bits per heavy atom. The molecule has 186 valence electrons. The molecule has 1 fully saturated rings. The van der Waals surface area contributed by atoms with E-state index < -0.39 is 17.8 Å². The Labute approximate surface area is 215 Å². The number of benzene rings is 3. The van der Waals surface area contributed by atoms with Crippen molar-refractivity contribution in [2.24, 2.45) is 0 Å². The van der Waals surface area contributed by atoms with E-state index in [1.165, 1.54) is 12.7 Å². The lowest BCUT2D eigenvalue weighted by atomic mass is 10.0. The number of nitrogens with zero attached hydrogens (tertiary/aromatic N) is 2. The zero-order valence-electron chi connectivity index (χ0n) is 21.2. The molecule has 37 heavy (non-hydrogen) atoms. The molecule has 0 saturated carbocycles. The van der Waals surface area contributed by atoms with E-state index in [-0.39, 0.29) is 5.57 Å². The summed E-state index contributed by atoms with van der Waals surface area (Å²) in [5, 5.41) is 3.25. The minimum atomic E-state index is -0.785. The maximum absolute atomic E-state index is 13.5. The number of amides is 4. The smallest absolute Gasteiger partial charge is 0.335 e. The summed E-state index contributed by atoms with van der Waals surface area (Å²) in [7, 11) is 1.53. The van der Waals surface area contributed by atoms with Crippen molar-refractivity contribution in [3.8, 4) is 5.75 Å². The first-order valence-electron chi connectivity index (χ1n) is 12.0. The number of imide groups is 2. The molecule has 0 radical (unpaired) electrons. The van der Waals surface area contributed by atoms with Crippen LogP contribution in [0.1, 0.15) is 27.9 Å². The van der Waals surface area contributed by atoms with Gasteiger partial charge in [0.15, 0.2) is 0 Å². The highest BCUT2D eigenvalue weighted by atomic mass is 16.5. The molecule has 0 unspecified atom stereocenters. The van der Waals surface area contributed by atoms with Crippen molar-refractivity contribution < 1.29 is 19.1 Å². The Balaban J connectivity index is 1.62. The fraction of sp³-hybridized carbons (Fsp3) is 0.167. The Bertz CT molecular complexity index is 1600. The van der Waals surface area contributed by atoms with Gasteiger partial charge in [-0.15, -0.1) is 0 Å². The minimum Gasteiger partial charge on any atom is -0.497 e. The summed E-state index contributed by atoms with van der Waals surface area (Å²) in [6, 6.07) is 20.2. The highest BCUT2D eigenvalue weighted by Gasteiger charge is 2.37. The molecule has 4 aromatic rings. The molecule has 7 heteroatoms. The fourth-order valence-corrected chi connectivity index (χ4v) is 4.77. The average molecular weight is 494 g/mol. The topological polar surface area (TPSA) is 80.6 Å². The van der Waals surface area contributed by atoms with E-state index in [0.29, 0.717) is 18.0 Å². The second kappa shape index (κ2) is 9.43. The van der Waals surface area contributed by atoms with E-state index in [9.17, 15) is 14.4 Å². The van der Waals surface area contributed by atoms with E-state index in [4.69, 9.17) is 4.74 Å². The summed E-state index contributed by atoms with van der Waals surface area (Å²) in [5.41, 5.74) is 6.33. The summed E-state index contributed by atoms with van der Waals surface area (Å²) in [6.07, 6.45) is 1.60. The van der Waals surface area contributed by atoms with Gasteiger partial charge in [0, 0.05) is 28.7 Å². The van der Waals surface area contributed by atoms with E-state index in [0.717, 1.165) is 38.2 Å². The molecule has 1 aromatic heterocycles. The number of aryl methyl sites for hydroxylation is 2. The van der Waals surface area contributed by atoms with Crippen LogP contribution in [0.15, 0.2) is 72.3 Å². The lowest BCUT2D eigenvalue weighted by Crippen LogP contribution is -2.54. The van der Waals surface area contributed by atoms with Crippen LogP contribution in [0.25, 0.3) is 17.0 Å². The van der Waals surface area contributed by atoms with Crippen LogP contribution in [-0.4, -0.2) is 29.5 Å². The third-order valence-electron chi connectivity index (χ3n) is 6.67. The summed E-state index contributed by atoms with van der Waals surface area (Å²) >= 11 is 0. The third-order valence-corrected chi connectivity index (χ3v) is 6.67. The molecule has 7 nitrogen and oxygen atoms in total. The number of carbonyl (C=O) groups excluding carboxylic acids is 3. The van der Waals surface area contributed by atoms with Gasteiger partial charge in [0.1, 0.15) is 11.3 Å². The predicted molar refractivity (Wildman–Crippen MR) is 144 cm³/mol. The zero-order valence-corrected chi connectivity index (χ0v) is 21.2. The SMILES string of the molecule is COc1ccc(N2C(=O)NC(=O)/C(=C/c3c(C)n(Cc4cccc(C)c4)c4ccc(C)cc34)C2=O)cc1. The third kappa shape index (κ3) is 4.40. The second-order valence-corrected chi connectivity index (χ2v) is 9.25. The Morgan fingerprint density at radius 3 is 2.32 bits per heavy atom. The van der Waals surface area contributed by atoms with Crippen molar-refractivity contribution >= 4 is 40.5 Å². The van der Waals surface area contributed by atoms with Gasteiger partial charge in [-0.25, -0.2) is 9.69 Å². The van der Waals surface area contributed by atoms with Gasteiger partial charge in [0.05, 0.1) is 12.8 Å². The van der Waals surface area contributed by atoms with Crippen molar-refractivity contribution in [2.45, 2.75) is 27.3 Å². The number of carbonyl (C=O) groups is 3. The van der Waals surface area contributed by atoms with Crippen LogP contribution >= 0.6 is 0 Å². The van der Waals surface area contributed by atoms with E-state index in [1.807, 2.05) is 26.0 Å². The molecule has 0 spiro atoms. The van der Waals surface area contributed by atoms with Gasteiger partial charge in [-0.1, -0.05) is 41.5 Å². The number of ether oxygens (including phenoxy) is 1. The number of hydrogen-bond acceptors (Lipinski definition) is 4. The number of rotatable bonds is 5. The Hall–Kier alpha value is -4.65. The van der Waals surface area contributed by atoms with Crippen LogP contribution in [0.3, 0.4) is 0 Å².